The lowest BCUT2D eigenvalue weighted by Crippen LogP contribution is -2.10. The molecule has 1 rings (SSSR count). The third kappa shape index (κ3) is 1.99. The molecule has 1 heterocycles. The fraction of sp³-hybridized carbons (Fsp3) is 0.125. The van der Waals surface area contributed by atoms with Gasteiger partial charge in [0.25, 0.3) is 0 Å². The Morgan fingerprint density at radius 3 is 2.54 bits per heavy atom. The fourth-order valence-corrected chi connectivity index (χ4v) is 0.830. The molecule has 0 aliphatic heterocycles. The molecule has 5 heteroatoms. The van der Waals surface area contributed by atoms with E-state index in [0.717, 1.165) is 6.07 Å². The lowest BCUT2D eigenvalue weighted by molar-refractivity contribution is -0.137. The van der Waals surface area contributed by atoms with Crippen molar-refractivity contribution in [3.63, 3.8) is 0 Å². The number of nitrogens with zero attached hydrogens (tertiary/aromatic N) is 1. The monoisotopic (exact) mass is 188 g/mol. The zero-order valence-corrected chi connectivity index (χ0v) is 6.60. The standard InChI is InChI=1S/C8H7F3N2/c1-2-5-3-6(8(9,10)11)7(12)13-4-5/h2-4H,1H2,(H2,12,13). The molecule has 0 aromatic carbocycles. The Morgan fingerprint density at radius 1 is 1.46 bits per heavy atom. The predicted octanol–water partition coefficient (Wildman–Crippen LogP) is 2.33. The van der Waals surface area contributed by atoms with E-state index >= 15 is 0 Å². The molecular weight excluding hydrogens is 181 g/mol. The minimum absolute atomic E-state index is 0.293. The maximum absolute atomic E-state index is 12.2. The van der Waals surface area contributed by atoms with Gasteiger partial charge in [0.1, 0.15) is 5.82 Å². The molecule has 0 spiro atoms. The van der Waals surface area contributed by atoms with Gasteiger partial charge in [0.15, 0.2) is 0 Å². The third-order valence-corrected chi connectivity index (χ3v) is 1.48. The predicted molar refractivity (Wildman–Crippen MR) is 43.7 cm³/mol. The average molecular weight is 188 g/mol. The molecule has 0 fully saturated rings. The third-order valence-electron chi connectivity index (χ3n) is 1.48. The molecule has 2 nitrogen and oxygen atoms in total. The van der Waals surface area contributed by atoms with Crippen LogP contribution >= 0.6 is 0 Å². The largest absolute Gasteiger partial charge is 0.419 e. The summed E-state index contributed by atoms with van der Waals surface area (Å²) in [6.45, 7) is 3.34. The van der Waals surface area contributed by atoms with E-state index < -0.39 is 17.6 Å². The molecule has 0 unspecified atom stereocenters. The number of aromatic nitrogens is 1. The van der Waals surface area contributed by atoms with Crippen molar-refractivity contribution >= 4 is 11.9 Å². The second-order valence-electron chi connectivity index (χ2n) is 2.40. The highest BCUT2D eigenvalue weighted by atomic mass is 19.4. The quantitative estimate of drug-likeness (QED) is 0.734. The van der Waals surface area contributed by atoms with Gasteiger partial charge in [-0.05, 0) is 11.6 Å². The maximum Gasteiger partial charge on any atom is 0.419 e. The number of hydrogen-bond donors (Lipinski definition) is 1. The van der Waals surface area contributed by atoms with Gasteiger partial charge in [-0.25, -0.2) is 4.98 Å². The van der Waals surface area contributed by atoms with Crippen molar-refractivity contribution in [2.45, 2.75) is 6.18 Å². The summed E-state index contributed by atoms with van der Waals surface area (Å²) in [5.41, 5.74) is 4.43. The van der Waals surface area contributed by atoms with Crippen LogP contribution in [0.4, 0.5) is 19.0 Å². The van der Waals surface area contributed by atoms with E-state index in [4.69, 9.17) is 5.73 Å². The molecule has 1 aromatic heterocycles. The Kier molecular flexibility index (Phi) is 2.27. The molecule has 13 heavy (non-hydrogen) atoms. The minimum Gasteiger partial charge on any atom is -0.383 e. The van der Waals surface area contributed by atoms with Gasteiger partial charge in [-0.1, -0.05) is 12.7 Å². The van der Waals surface area contributed by atoms with Crippen LogP contribution in [0, 0.1) is 0 Å². The van der Waals surface area contributed by atoms with Crippen LogP contribution in [0.2, 0.25) is 0 Å². The van der Waals surface area contributed by atoms with Crippen LogP contribution in [0.25, 0.3) is 6.08 Å². The molecule has 0 atom stereocenters. The van der Waals surface area contributed by atoms with Gasteiger partial charge in [-0.3, -0.25) is 0 Å². The maximum atomic E-state index is 12.2. The van der Waals surface area contributed by atoms with Crippen LogP contribution in [0.3, 0.4) is 0 Å². The van der Waals surface area contributed by atoms with Crippen LogP contribution < -0.4 is 5.73 Å². The normalized spacial score (nSPS) is 11.3. The molecule has 0 aliphatic rings. The van der Waals surface area contributed by atoms with E-state index in [-0.39, 0.29) is 0 Å². The Labute approximate surface area is 72.9 Å². The van der Waals surface area contributed by atoms with Crippen molar-refractivity contribution in [3.05, 3.63) is 30.0 Å². The zero-order chi connectivity index (χ0) is 10.1. The van der Waals surface area contributed by atoms with E-state index in [1.54, 1.807) is 0 Å². The van der Waals surface area contributed by atoms with Gasteiger partial charge in [0, 0.05) is 6.20 Å². The van der Waals surface area contributed by atoms with Gasteiger partial charge < -0.3 is 5.73 Å². The number of hydrogen-bond acceptors (Lipinski definition) is 2. The van der Waals surface area contributed by atoms with Gasteiger partial charge in [-0.2, -0.15) is 13.2 Å². The van der Waals surface area contributed by atoms with E-state index in [1.165, 1.54) is 12.3 Å². The fourth-order valence-electron chi connectivity index (χ4n) is 0.830. The first kappa shape index (κ1) is 9.57. The first-order chi connectivity index (χ1) is 5.95. The second-order valence-corrected chi connectivity index (χ2v) is 2.40. The Bertz CT molecular complexity index is 331. The van der Waals surface area contributed by atoms with E-state index in [0.29, 0.717) is 5.56 Å². The summed E-state index contributed by atoms with van der Waals surface area (Å²) in [6.07, 6.45) is -1.95. The van der Waals surface area contributed by atoms with Crippen molar-refractivity contribution in [2.24, 2.45) is 0 Å². The highest BCUT2D eigenvalue weighted by molar-refractivity contribution is 5.52. The first-order valence-corrected chi connectivity index (χ1v) is 3.40. The molecule has 0 radical (unpaired) electrons. The lowest BCUT2D eigenvalue weighted by atomic mass is 10.2. The molecule has 70 valence electrons. The van der Waals surface area contributed by atoms with E-state index in [2.05, 4.69) is 11.6 Å². The molecule has 2 N–H and O–H groups in total. The molecule has 0 saturated heterocycles. The number of nitrogens with two attached hydrogens (primary N) is 1. The summed E-state index contributed by atoms with van der Waals surface area (Å²) in [7, 11) is 0. The number of nitrogen functional groups attached to an aromatic ring is 1. The Hall–Kier alpha value is -1.52. The Balaban J connectivity index is 3.27. The topological polar surface area (TPSA) is 38.9 Å². The van der Waals surface area contributed by atoms with E-state index in [9.17, 15) is 13.2 Å². The van der Waals surface area contributed by atoms with Gasteiger partial charge in [0.2, 0.25) is 0 Å². The van der Waals surface area contributed by atoms with Crippen molar-refractivity contribution in [1.29, 1.82) is 0 Å². The molecule has 0 bridgehead atoms. The first-order valence-electron chi connectivity index (χ1n) is 3.40. The van der Waals surface area contributed by atoms with Crippen molar-refractivity contribution in [3.8, 4) is 0 Å². The van der Waals surface area contributed by atoms with Crippen LogP contribution in [-0.2, 0) is 6.18 Å². The smallest absolute Gasteiger partial charge is 0.383 e. The summed E-state index contributed by atoms with van der Waals surface area (Å²) in [5, 5.41) is 0. The van der Waals surface area contributed by atoms with Gasteiger partial charge >= 0.3 is 6.18 Å². The number of halogens is 3. The highest BCUT2D eigenvalue weighted by Gasteiger charge is 2.33. The van der Waals surface area contributed by atoms with E-state index in [1.807, 2.05) is 0 Å². The zero-order valence-electron chi connectivity index (χ0n) is 6.60. The number of alkyl halides is 3. The van der Waals surface area contributed by atoms with Crippen molar-refractivity contribution < 1.29 is 13.2 Å². The molecule has 0 amide bonds. The molecular formula is C8H7F3N2. The minimum atomic E-state index is -4.46. The summed E-state index contributed by atoms with van der Waals surface area (Å²) >= 11 is 0. The SMILES string of the molecule is C=Cc1cnc(N)c(C(F)(F)F)c1. The number of pyridine rings is 1. The molecule has 0 aliphatic carbocycles. The summed E-state index contributed by atoms with van der Waals surface area (Å²) in [5.74, 6) is -0.516. The van der Waals surface area contributed by atoms with Crippen molar-refractivity contribution in [1.82, 2.24) is 4.98 Å². The molecule has 0 saturated carbocycles. The number of anilines is 1. The Morgan fingerprint density at radius 2 is 2.08 bits per heavy atom. The summed E-state index contributed by atoms with van der Waals surface area (Å²) < 4.78 is 36.6. The highest BCUT2D eigenvalue weighted by Crippen LogP contribution is 2.32. The van der Waals surface area contributed by atoms with Gasteiger partial charge in [0.05, 0.1) is 5.56 Å². The van der Waals surface area contributed by atoms with Crippen molar-refractivity contribution in [2.75, 3.05) is 5.73 Å². The lowest BCUT2D eigenvalue weighted by Gasteiger charge is -2.08. The average Bonchev–Trinajstić information content (AvgIpc) is 2.03. The number of rotatable bonds is 1. The van der Waals surface area contributed by atoms with Crippen LogP contribution in [0.5, 0.6) is 0 Å². The van der Waals surface area contributed by atoms with Crippen LogP contribution in [-0.4, -0.2) is 4.98 Å². The molecule has 1 aromatic rings. The van der Waals surface area contributed by atoms with Crippen LogP contribution in [0.1, 0.15) is 11.1 Å². The van der Waals surface area contributed by atoms with Gasteiger partial charge in [-0.15, -0.1) is 0 Å². The summed E-state index contributed by atoms with van der Waals surface area (Å²) in [6, 6.07) is 0.912. The van der Waals surface area contributed by atoms with Crippen LogP contribution in [0.15, 0.2) is 18.8 Å². The second kappa shape index (κ2) is 3.08. The summed E-state index contributed by atoms with van der Waals surface area (Å²) in [4.78, 5) is 3.40.